The second-order valence-corrected chi connectivity index (χ2v) is 5.47. The lowest BCUT2D eigenvalue weighted by Gasteiger charge is -2.08. The summed E-state index contributed by atoms with van der Waals surface area (Å²) in [5.74, 6) is 1.43. The van der Waals surface area contributed by atoms with Crippen molar-refractivity contribution < 1.29 is 9.53 Å². The number of nitrogens with one attached hydrogen (secondary N) is 1. The van der Waals surface area contributed by atoms with Gasteiger partial charge in [0, 0.05) is 31.0 Å². The standard InChI is InChI=1S/C20H20N2O2/c23-20(21-13-6-16-22-14-4-5-15-22)17-9-11-19(12-10-17)24-18-7-2-1-3-8-18/h1-5,7-12,14-15H,6,13,16H2,(H,21,23). The van der Waals surface area contributed by atoms with E-state index < -0.39 is 0 Å². The maximum Gasteiger partial charge on any atom is 0.251 e. The maximum absolute atomic E-state index is 12.1. The number of hydrogen-bond donors (Lipinski definition) is 1. The summed E-state index contributed by atoms with van der Waals surface area (Å²) in [6, 6.07) is 20.7. The molecule has 0 aliphatic carbocycles. The summed E-state index contributed by atoms with van der Waals surface area (Å²) in [5, 5.41) is 2.94. The molecule has 0 fully saturated rings. The van der Waals surface area contributed by atoms with Crippen LogP contribution in [0.2, 0.25) is 0 Å². The fraction of sp³-hybridized carbons (Fsp3) is 0.150. The zero-order chi connectivity index (χ0) is 16.6. The average molecular weight is 320 g/mol. The van der Waals surface area contributed by atoms with Crippen LogP contribution in [0.15, 0.2) is 79.1 Å². The van der Waals surface area contributed by atoms with Gasteiger partial charge in [0.15, 0.2) is 0 Å². The summed E-state index contributed by atoms with van der Waals surface area (Å²) in [6.07, 6.45) is 4.94. The molecular formula is C20H20N2O2. The largest absolute Gasteiger partial charge is 0.457 e. The molecule has 4 nitrogen and oxygen atoms in total. The Balaban J connectivity index is 1.46. The molecule has 1 N–H and O–H groups in total. The summed E-state index contributed by atoms with van der Waals surface area (Å²) < 4.78 is 7.82. The van der Waals surface area contributed by atoms with Gasteiger partial charge < -0.3 is 14.6 Å². The third kappa shape index (κ3) is 4.49. The third-order valence-corrected chi connectivity index (χ3v) is 3.64. The van der Waals surface area contributed by atoms with Gasteiger partial charge in [-0.25, -0.2) is 0 Å². The molecule has 2 aromatic carbocycles. The zero-order valence-electron chi connectivity index (χ0n) is 13.4. The molecule has 0 atom stereocenters. The van der Waals surface area contributed by atoms with Crippen molar-refractivity contribution in [2.24, 2.45) is 0 Å². The van der Waals surface area contributed by atoms with Crippen molar-refractivity contribution in [2.75, 3.05) is 6.54 Å². The molecule has 0 saturated carbocycles. The minimum atomic E-state index is -0.0613. The summed E-state index contributed by atoms with van der Waals surface area (Å²) in [4.78, 5) is 12.1. The predicted molar refractivity (Wildman–Crippen MR) is 94.3 cm³/mol. The van der Waals surface area contributed by atoms with Gasteiger partial charge in [-0.15, -0.1) is 0 Å². The Labute approximate surface area is 141 Å². The van der Waals surface area contributed by atoms with E-state index in [4.69, 9.17) is 4.74 Å². The lowest BCUT2D eigenvalue weighted by Crippen LogP contribution is -2.25. The number of amides is 1. The first-order valence-electron chi connectivity index (χ1n) is 8.03. The van der Waals surface area contributed by atoms with Gasteiger partial charge >= 0.3 is 0 Å². The Morgan fingerprint density at radius 1 is 0.875 bits per heavy atom. The number of carbonyl (C=O) groups is 1. The van der Waals surface area contributed by atoms with Crippen LogP contribution in [0.5, 0.6) is 11.5 Å². The van der Waals surface area contributed by atoms with Gasteiger partial charge in [-0.2, -0.15) is 0 Å². The molecule has 0 aliphatic rings. The van der Waals surface area contributed by atoms with Crippen molar-refractivity contribution in [1.82, 2.24) is 9.88 Å². The van der Waals surface area contributed by atoms with Crippen LogP contribution in [-0.2, 0) is 6.54 Å². The van der Waals surface area contributed by atoms with Crippen LogP contribution in [0.1, 0.15) is 16.8 Å². The van der Waals surface area contributed by atoms with Crippen molar-refractivity contribution in [1.29, 1.82) is 0 Å². The number of rotatable bonds is 7. The lowest BCUT2D eigenvalue weighted by molar-refractivity contribution is 0.0952. The first kappa shape index (κ1) is 15.9. The van der Waals surface area contributed by atoms with Crippen LogP contribution in [0.3, 0.4) is 0 Å². The SMILES string of the molecule is O=C(NCCCn1cccc1)c1ccc(Oc2ccccc2)cc1. The number of para-hydroxylation sites is 1. The molecule has 122 valence electrons. The van der Waals surface area contributed by atoms with Crippen molar-refractivity contribution >= 4 is 5.91 Å². The number of nitrogens with zero attached hydrogens (tertiary/aromatic N) is 1. The first-order chi connectivity index (χ1) is 11.8. The van der Waals surface area contributed by atoms with Crippen molar-refractivity contribution in [3.63, 3.8) is 0 Å². The number of ether oxygens (including phenoxy) is 1. The third-order valence-electron chi connectivity index (χ3n) is 3.64. The molecular weight excluding hydrogens is 300 g/mol. The van der Waals surface area contributed by atoms with Crippen molar-refractivity contribution in [3.05, 3.63) is 84.7 Å². The lowest BCUT2D eigenvalue weighted by atomic mass is 10.2. The number of hydrogen-bond acceptors (Lipinski definition) is 2. The van der Waals surface area contributed by atoms with Crippen LogP contribution in [0.4, 0.5) is 0 Å². The van der Waals surface area contributed by atoms with Crippen LogP contribution in [0, 0.1) is 0 Å². The summed E-state index contributed by atoms with van der Waals surface area (Å²) in [7, 11) is 0. The molecule has 1 amide bonds. The van der Waals surface area contributed by atoms with Gasteiger partial charge in [0.1, 0.15) is 11.5 Å². The summed E-state index contributed by atoms with van der Waals surface area (Å²) in [6.45, 7) is 1.55. The van der Waals surface area contributed by atoms with E-state index in [1.807, 2.05) is 67.0 Å². The van der Waals surface area contributed by atoms with Gasteiger partial charge in [-0.05, 0) is 55.0 Å². The normalized spacial score (nSPS) is 10.3. The fourth-order valence-corrected chi connectivity index (χ4v) is 2.38. The smallest absolute Gasteiger partial charge is 0.251 e. The summed E-state index contributed by atoms with van der Waals surface area (Å²) in [5.41, 5.74) is 0.636. The van der Waals surface area contributed by atoms with Crippen LogP contribution >= 0.6 is 0 Å². The highest BCUT2D eigenvalue weighted by atomic mass is 16.5. The molecule has 3 aromatic rings. The second kappa shape index (κ2) is 8.02. The van der Waals surface area contributed by atoms with Crippen LogP contribution in [0.25, 0.3) is 0 Å². The number of benzene rings is 2. The average Bonchev–Trinajstić information content (AvgIpc) is 3.13. The molecule has 0 saturated heterocycles. The molecule has 0 spiro atoms. The number of aromatic nitrogens is 1. The highest BCUT2D eigenvalue weighted by Gasteiger charge is 2.05. The van der Waals surface area contributed by atoms with Gasteiger partial charge in [-0.3, -0.25) is 4.79 Å². The molecule has 1 aromatic heterocycles. The van der Waals surface area contributed by atoms with Crippen molar-refractivity contribution in [2.45, 2.75) is 13.0 Å². The molecule has 24 heavy (non-hydrogen) atoms. The Morgan fingerprint density at radius 2 is 1.54 bits per heavy atom. The van der Waals surface area contributed by atoms with E-state index in [9.17, 15) is 4.79 Å². The Morgan fingerprint density at radius 3 is 2.25 bits per heavy atom. The van der Waals surface area contributed by atoms with Crippen LogP contribution < -0.4 is 10.1 Å². The maximum atomic E-state index is 12.1. The van der Waals surface area contributed by atoms with E-state index in [0.29, 0.717) is 17.9 Å². The Hall–Kier alpha value is -3.01. The molecule has 0 aliphatic heterocycles. The minimum Gasteiger partial charge on any atom is -0.457 e. The monoisotopic (exact) mass is 320 g/mol. The molecule has 3 rings (SSSR count). The van der Waals surface area contributed by atoms with E-state index in [1.54, 1.807) is 12.1 Å². The minimum absolute atomic E-state index is 0.0613. The highest BCUT2D eigenvalue weighted by molar-refractivity contribution is 5.94. The summed E-state index contributed by atoms with van der Waals surface area (Å²) >= 11 is 0. The Bertz CT molecular complexity index is 750. The molecule has 0 bridgehead atoms. The van der Waals surface area contributed by atoms with E-state index in [2.05, 4.69) is 9.88 Å². The second-order valence-electron chi connectivity index (χ2n) is 5.47. The predicted octanol–water partition coefficient (Wildman–Crippen LogP) is 4.10. The Kier molecular flexibility index (Phi) is 5.30. The van der Waals surface area contributed by atoms with Gasteiger partial charge in [0.2, 0.25) is 0 Å². The number of aryl methyl sites for hydroxylation is 1. The van der Waals surface area contributed by atoms with E-state index in [-0.39, 0.29) is 5.91 Å². The zero-order valence-corrected chi connectivity index (χ0v) is 13.4. The van der Waals surface area contributed by atoms with E-state index in [1.165, 1.54) is 0 Å². The molecule has 0 unspecified atom stereocenters. The quantitative estimate of drug-likeness (QED) is 0.666. The van der Waals surface area contributed by atoms with Gasteiger partial charge in [0.25, 0.3) is 5.91 Å². The fourth-order valence-electron chi connectivity index (χ4n) is 2.38. The first-order valence-corrected chi connectivity index (χ1v) is 8.03. The van der Waals surface area contributed by atoms with Gasteiger partial charge in [-0.1, -0.05) is 18.2 Å². The topological polar surface area (TPSA) is 43.3 Å². The van der Waals surface area contributed by atoms with Crippen molar-refractivity contribution in [3.8, 4) is 11.5 Å². The highest BCUT2D eigenvalue weighted by Crippen LogP contribution is 2.21. The number of carbonyl (C=O) groups excluding carboxylic acids is 1. The molecule has 0 radical (unpaired) electrons. The molecule has 1 heterocycles. The molecule has 4 heteroatoms. The van der Waals surface area contributed by atoms with E-state index >= 15 is 0 Å². The van der Waals surface area contributed by atoms with Gasteiger partial charge in [0.05, 0.1) is 0 Å². The van der Waals surface area contributed by atoms with Crippen LogP contribution in [-0.4, -0.2) is 17.0 Å². The van der Waals surface area contributed by atoms with E-state index in [0.717, 1.165) is 18.7 Å².